The summed E-state index contributed by atoms with van der Waals surface area (Å²) in [5, 5.41) is 2.80. The predicted octanol–water partition coefficient (Wildman–Crippen LogP) is 3.92. The lowest BCUT2D eigenvalue weighted by Gasteiger charge is -2.20. The topological polar surface area (TPSA) is 84.9 Å². The maximum Gasteiger partial charge on any atom is 0.243 e. The highest BCUT2D eigenvalue weighted by molar-refractivity contribution is 8.00. The van der Waals surface area contributed by atoms with Gasteiger partial charge in [0, 0.05) is 30.1 Å². The Bertz CT molecular complexity index is 1040. The van der Waals surface area contributed by atoms with E-state index in [1.807, 2.05) is 18.2 Å². The molecule has 0 saturated carbocycles. The van der Waals surface area contributed by atoms with E-state index in [0.29, 0.717) is 49.1 Å². The third-order valence-corrected chi connectivity index (χ3v) is 8.07. The Hall–Kier alpha value is -2.23. The van der Waals surface area contributed by atoms with Crippen molar-refractivity contribution in [2.45, 2.75) is 37.0 Å². The van der Waals surface area contributed by atoms with Gasteiger partial charge in [0.2, 0.25) is 15.9 Å². The summed E-state index contributed by atoms with van der Waals surface area (Å²) in [5.41, 5.74) is 1.10. The first kappa shape index (κ1) is 23.4. The zero-order chi connectivity index (χ0) is 22.4. The molecule has 1 aliphatic heterocycles. The van der Waals surface area contributed by atoms with Crippen LogP contribution in [0.5, 0.6) is 11.5 Å². The average molecular weight is 465 g/mol. The minimum absolute atomic E-state index is 0.186. The van der Waals surface area contributed by atoms with Gasteiger partial charge in [-0.15, -0.1) is 11.8 Å². The normalized spacial score (nSPS) is 13.7. The Labute approximate surface area is 188 Å². The number of hydrogen-bond acceptors (Lipinski definition) is 6. The van der Waals surface area contributed by atoms with Crippen LogP contribution in [0.25, 0.3) is 0 Å². The van der Waals surface area contributed by atoms with Crippen LogP contribution in [-0.4, -0.2) is 50.7 Å². The lowest BCUT2D eigenvalue weighted by molar-refractivity contribution is -0.113. The number of carbonyl (C=O) groups is 1. The van der Waals surface area contributed by atoms with E-state index in [1.165, 1.54) is 22.1 Å². The Morgan fingerprint density at radius 1 is 1.06 bits per heavy atom. The molecule has 0 atom stereocenters. The summed E-state index contributed by atoms with van der Waals surface area (Å²) in [7, 11) is -3.61. The van der Waals surface area contributed by atoms with Crippen molar-refractivity contribution in [1.82, 2.24) is 4.31 Å². The molecule has 0 radical (unpaired) electrons. The van der Waals surface area contributed by atoms with E-state index >= 15 is 0 Å². The first-order valence-electron chi connectivity index (χ1n) is 10.3. The van der Waals surface area contributed by atoms with Crippen LogP contribution in [0, 0.1) is 6.92 Å². The van der Waals surface area contributed by atoms with Crippen LogP contribution in [0.2, 0.25) is 0 Å². The molecule has 3 rings (SSSR count). The minimum atomic E-state index is -3.61. The number of anilines is 1. The molecule has 9 heteroatoms. The standard InChI is InChI=1S/C22H28N2O5S2/c1-4-24(5-2)31(26,27)21-13-17(8-7-16(21)3)23-22(25)15-30-18-9-10-19-20(14-18)29-12-6-11-28-19/h7-10,13-14H,4-6,11-12,15H2,1-3H3,(H,23,25). The summed E-state index contributed by atoms with van der Waals surface area (Å²) in [6.07, 6.45) is 0.835. The number of fused-ring (bicyclic) bond motifs is 1. The van der Waals surface area contributed by atoms with E-state index in [1.54, 1.807) is 32.9 Å². The van der Waals surface area contributed by atoms with Crippen molar-refractivity contribution in [2.24, 2.45) is 0 Å². The number of hydrogen-bond donors (Lipinski definition) is 1. The second-order valence-corrected chi connectivity index (χ2v) is 10.0. The SMILES string of the molecule is CCN(CC)S(=O)(=O)c1cc(NC(=O)CSc2ccc3c(c2)OCCCO3)ccc1C. The molecular formula is C22H28N2O5S2. The second-order valence-electron chi connectivity index (χ2n) is 7.07. The van der Waals surface area contributed by atoms with Crippen molar-refractivity contribution >= 4 is 33.4 Å². The quantitative estimate of drug-likeness (QED) is 0.596. The molecule has 2 aromatic carbocycles. The van der Waals surface area contributed by atoms with E-state index in [-0.39, 0.29) is 16.6 Å². The van der Waals surface area contributed by atoms with E-state index in [0.717, 1.165) is 11.3 Å². The molecule has 0 spiro atoms. The molecule has 1 amide bonds. The summed E-state index contributed by atoms with van der Waals surface area (Å²) in [6.45, 7) is 7.37. The Balaban J connectivity index is 1.67. The molecule has 0 fully saturated rings. The maximum absolute atomic E-state index is 12.9. The van der Waals surface area contributed by atoms with Crippen LogP contribution < -0.4 is 14.8 Å². The van der Waals surface area contributed by atoms with Gasteiger partial charge in [-0.3, -0.25) is 4.79 Å². The van der Waals surface area contributed by atoms with Gasteiger partial charge in [-0.1, -0.05) is 19.9 Å². The number of carbonyl (C=O) groups excluding carboxylic acids is 1. The largest absolute Gasteiger partial charge is 0.490 e. The van der Waals surface area contributed by atoms with Gasteiger partial charge >= 0.3 is 0 Å². The van der Waals surface area contributed by atoms with Crippen molar-refractivity contribution in [3.05, 3.63) is 42.0 Å². The van der Waals surface area contributed by atoms with Crippen LogP contribution in [0.1, 0.15) is 25.8 Å². The van der Waals surface area contributed by atoms with Gasteiger partial charge in [-0.05, 0) is 42.8 Å². The zero-order valence-corrected chi connectivity index (χ0v) is 19.6. The lowest BCUT2D eigenvalue weighted by atomic mass is 10.2. The number of nitrogens with one attached hydrogen (secondary N) is 1. The summed E-state index contributed by atoms with van der Waals surface area (Å²) in [4.78, 5) is 13.6. The number of rotatable bonds is 8. The molecule has 2 aromatic rings. The number of ether oxygens (including phenoxy) is 2. The zero-order valence-electron chi connectivity index (χ0n) is 18.0. The highest BCUT2D eigenvalue weighted by Gasteiger charge is 2.24. The number of nitrogens with zero attached hydrogens (tertiary/aromatic N) is 1. The Morgan fingerprint density at radius 2 is 1.77 bits per heavy atom. The van der Waals surface area contributed by atoms with Gasteiger partial charge in [-0.25, -0.2) is 8.42 Å². The summed E-state index contributed by atoms with van der Waals surface area (Å²) < 4.78 is 38.5. The van der Waals surface area contributed by atoms with Gasteiger partial charge in [0.1, 0.15) is 0 Å². The number of thioether (sulfide) groups is 1. The molecular weight excluding hydrogens is 436 g/mol. The fourth-order valence-electron chi connectivity index (χ4n) is 3.24. The first-order chi connectivity index (χ1) is 14.8. The number of sulfonamides is 1. The van der Waals surface area contributed by atoms with Crippen LogP contribution in [0.15, 0.2) is 46.2 Å². The van der Waals surface area contributed by atoms with E-state index in [2.05, 4.69) is 5.32 Å². The van der Waals surface area contributed by atoms with Gasteiger partial charge in [0.15, 0.2) is 11.5 Å². The molecule has 0 aliphatic carbocycles. The molecule has 7 nitrogen and oxygen atoms in total. The predicted molar refractivity (Wildman–Crippen MR) is 123 cm³/mol. The molecule has 1 N–H and O–H groups in total. The minimum Gasteiger partial charge on any atom is -0.490 e. The second kappa shape index (κ2) is 10.4. The number of aryl methyl sites for hydroxylation is 1. The lowest BCUT2D eigenvalue weighted by Crippen LogP contribution is -2.31. The van der Waals surface area contributed by atoms with Crippen LogP contribution in [-0.2, 0) is 14.8 Å². The average Bonchev–Trinajstić information content (AvgIpc) is 2.99. The first-order valence-corrected chi connectivity index (χ1v) is 12.7. The highest BCUT2D eigenvalue weighted by Crippen LogP contribution is 2.34. The third-order valence-electron chi connectivity index (χ3n) is 4.88. The van der Waals surface area contributed by atoms with Crippen molar-refractivity contribution in [3.8, 4) is 11.5 Å². The Kier molecular flexibility index (Phi) is 7.85. The molecule has 0 saturated heterocycles. The fourth-order valence-corrected chi connectivity index (χ4v) is 5.67. The van der Waals surface area contributed by atoms with Gasteiger partial charge in [-0.2, -0.15) is 4.31 Å². The van der Waals surface area contributed by atoms with Crippen LogP contribution in [0.4, 0.5) is 5.69 Å². The summed E-state index contributed by atoms with van der Waals surface area (Å²) in [5.74, 6) is 1.37. The molecule has 0 bridgehead atoms. The molecule has 1 heterocycles. The van der Waals surface area contributed by atoms with Crippen LogP contribution in [0.3, 0.4) is 0 Å². The molecule has 0 unspecified atom stereocenters. The number of amides is 1. The van der Waals surface area contributed by atoms with E-state index in [4.69, 9.17) is 9.47 Å². The number of benzene rings is 2. The van der Waals surface area contributed by atoms with Crippen molar-refractivity contribution in [1.29, 1.82) is 0 Å². The van der Waals surface area contributed by atoms with E-state index in [9.17, 15) is 13.2 Å². The van der Waals surface area contributed by atoms with Crippen molar-refractivity contribution in [3.63, 3.8) is 0 Å². The highest BCUT2D eigenvalue weighted by atomic mass is 32.2. The van der Waals surface area contributed by atoms with Crippen molar-refractivity contribution < 1.29 is 22.7 Å². The van der Waals surface area contributed by atoms with E-state index < -0.39 is 10.0 Å². The van der Waals surface area contributed by atoms with Gasteiger partial charge in [0.25, 0.3) is 0 Å². The monoisotopic (exact) mass is 464 g/mol. The molecule has 1 aliphatic rings. The third kappa shape index (κ3) is 5.72. The van der Waals surface area contributed by atoms with Gasteiger partial charge < -0.3 is 14.8 Å². The van der Waals surface area contributed by atoms with Gasteiger partial charge in [0.05, 0.1) is 23.9 Å². The summed E-state index contributed by atoms with van der Waals surface area (Å²) >= 11 is 1.38. The molecule has 168 valence electrons. The molecule has 31 heavy (non-hydrogen) atoms. The smallest absolute Gasteiger partial charge is 0.243 e. The van der Waals surface area contributed by atoms with Crippen molar-refractivity contribution in [2.75, 3.05) is 37.4 Å². The summed E-state index contributed by atoms with van der Waals surface area (Å²) in [6, 6.07) is 10.6. The maximum atomic E-state index is 12.9. The Morgan fingerprint density at radius 3 is 2.48 bits per heavy atom. The fraction of sp³-hybridized carbons (Fsp3) is 0.409. The molecule has 0 aromatic heterocycles. The van der Waals surface area contributed by atoms with Crippen LogP contribution >= 0.6 is 11.8 Å².